The highest BCUT2D eigenvalue weighted by Gasteiger charge is 2.21. The molecule has 10 rings (SSSR count). The lowest BCUT2D eigenvalue weighted by atomic mass is 9.85. The number of hydrogen-bond acceptors (Lipinski definition) is 3. The van der Waals surface area contributed by atoms with E-state index in [0.29, 0.717) is 0 Å². The number of fused-ring (bicyclic) bond motifs is 10. The minimum Gasteiger partial charge on any atom is -0.464 e. The summed E-state index contributed by atoms with van der Waals surface area (Å²) in [6.45, 7) is 0. The quantitative estimate of drug-likeness (QED) is 0.201. The third-order valence-corrected chi connectivity index (χ3v) is 8.95. The summed E-state index contributed by atoms with van der Waals surface area (Å²) in [5, 5.41) is 10.1. The van der Waals surface area contributed by atoms with E-state index >= 15 is 0 Å². The van der Waals surface area contributed by atoms with Gasteiger partial charge in [-0.3, -0.25) is 0 Å². The second-order valence-corrected chi connectivity index (χ2v) is 11.2. The lowest BCUT2D eigenvalue weighted by Gasteiger charge is -2.17. The summed E-state index contributed by atoms with van der Waals surface area (Å²) in [4.78, 5) is 0. The molecule has 0 atom stereocenters. The van der Waals surface area contributed by atoms with E-state index in [1.807, 2.05) is 24.3 Å². The summed E-state index contributed by atoms with van der Waals surface area (Å²) in [5.41, 5.74) is 8.93. The molecule has 3 aromatic heterocycles. The molecule has 43 heavy (non-hydrogen) atoms. The highest BCUT2D eigenvalue weighted by Crippen LogP contribution is 2.47. The molecule has 0 amide bonds. The summed E-state index contributed by atoms with van der Waals surface area (Å²) in [5.74, 6) is 0. The molecule has 0 spiro atoms. The average Bonchev–Trinajstić information content (AvgIpc) is 3.78. The standard InChI is InChI=1S/C40H22O3/c1-3-11-29-27(9-1)36(24-16-18-26-25-8-5-6-15-33(25)42-35(26)22-24)28-10-2-4-12-30(28)37(29)31-13-7-14-32-38-34(43-40(31)32)19-17-23-20-21-41-39(23)38/h1-22H. The van der Waals surface area contributed by atoms with Gasteiger partial charge in [-0.1, -0.05) is 91.0 Å². The molecular weight excluding hydrogens is 528 g/mol. The van der Waals surface area contributed by atoms with Gasteiger partial charge < -0.3 is 13.3 Å². The molecule has 0 aliphatic rings. The molecule has 0 radical (unpaired) electrons. The maximum Gasteiger partial charge on any atom is 0.145 e. The van der Waals surface area contributed by atoms with Crippen molar-refractivity contribution in [2.45, 2.75) is 0 Å². The highest BCUT2D eigenvalue weighted by atomic mass is 16.3. The fourth-order valence-electron chi connectivity index (χ4n) is 7.12. The third-order valence-electron chi connectivity index (χ3n) is 8.95. The zero-order valence-corrected chi connectivity index (χ0v) is 22.9. The van der Waals surface area contributed by atoms with Gasteiger partial charge in [-0.05, 0) is 69.1 Å². The molecule has 0 fully saturated rings. The van der Waals surface area contributed by atoms with Crippen LogP contribution in [0, 0.1) is 0 Å². The summed E-state index contributed by atoms with van der Waals surface area (Å²) in [6, 6.07) is 44.8. The molecule has 0 aliphatic heterocycles. The van der Waals surface area contributed by atoms with Crippen LogP contribution in [0.1, 0.15) is 0 Å². The summed E-state index contributed by atoms with van der Waals surface area (Å²) >= 11 is 0. The van der Waals surface area contributed by atoms with Crippen LogP contribution < -0.4 is 0 Å². The zero-order chi connectivity index (χ0) is 28.1. The van der Waals surface area contributed by atoms with Gasteiger partial charge in [0.05, 0.1) is 11.6 Å². The number of hydrogen-bond donors (Lipinski definition) is 0. The van der Waals surface area contributed by atoms with Crippen molar-refractivity contribution >= 4 is 76.4 Å². The van der Waals surface area contributed by atoms with E-state index in [9.17, 15) is 0 Å². The Morgan fingerprint density at radius 3 is 1.86 bits per heavy atom. The molecule has 3 heterocycles. The van der Waals surface area contributed by atoms with E-state index < -0.39 is 0 Å². The van der Waals surface area contributed by atoms with Crippen LogP contribution in [0.4, 0.5) is 0 Å². The lowest BCUT2D eigenvalue weighted by Crippen LogP contribution is -1.91. The van der Waals surface area contributed by atoms with Gasteiger partial charge in [-0.2, -0.15) is 0 Å². The summed E-state index contributed by atoms with van der Waals surface area (Å²) in [6.07, 6.45) is 1.75. The molecule has 0 saturated carbocycles. The van der Waals surface area contributed by atoms with Crippen LogP contribution in [0.2, 0.25) is 0 Å². The molecule has 0 N–H and O–H groups in total. The maximum absolute atomic E-state index is 6.63. The Hall–Kier alpha value is -5.80. The Balaban J connectivity index is 1.32. The van der Waals surface area contributed by atoms with E-state index in [2.05, 4.69) is 103 Å². The van der Waals surface area contributed by atoms with E-state index in [0.717, 1.165) is 66.0 Å². The van der Waals surface area contributed by atoms with Gasteiger partial charge in [0.25, 0.3) is 0 Å². The van der Waals surface area contributed by atoms with Crippen LogP contribution in [0.3, 0.4) is 0 Å². The third kappa shape index (κ3) is 3.08. The van der Waals surface area contributed by atoms with E-state index in [4.69, 9.17) is 13.3 Å². The van der Waals surface area contributed by atoms with Crippen LogP contribution in [-0.4, -0.2) is 0 Å². The minimum absolute atomic E-state index is 0.828. The number of para-hydroxylation sites is 2. The van der Waals surface area contributed by atoms with Gasteiger partial charge in [0.1, 0.15) is 27.9 Å². The molecule has 0 aliphatic carbocycles. The minimum atomic E-state index is 0.828. The molecule has 200 valence electrons. The van der Waals surface area contributed by atoms with Gasteiger partial charge in [-0.25, -0.2) is 0 Å². The Morgan fingerprint density at radius 2 is 1.07 bits per heavy atom. The van der Waals surface area contributed by atoms with E-state index in [-0.39, 0.29) is 0 Å². The van der Waals surface area contributed by atoms with Crippen LogP contribution in [-0.2, 0) is 0 Å². The highest BCUT2D eigenvalue weighted by molar-refractivity contribution is 6.26. The SMILES string of the molecule is c1ccc2c(c1)oc1cc(-c3c4ccccc4c(-c4cccc5c4oc4ccc6ccoc6c45)c4ccccc34)ccc12. The fraction of sp³-hybridized carbons (Fsp3) is 0. The monoisotopic (exact) mass is 550 g/mol. The molecular formula is C40H22O3. The zero-order valence-electron chi connectivity index (χ0n) is 22.9. The molecule has 3 heteroatoms. The van der Waals surface area contributed by atoms with Crippen molar-refractivity contribution in [2.75, 3.05) is 0 Å². The van der Waals surface area contributed by atoms with Crippen molar-refractivity contribution < 1.29 is 13.3 Å². The van der Waals surface area contributed by atoms with Gasteiger partial charge >= 0.3 is 0 Å². The van der Waals surface area contributed by atoms with Crippen LogP contribution in [0.25, 0.3) is 98.6 Å². The predicted molar refractivity (Wildman–Crippen MR) is 177 cm³/mol. The first kappa shape index (κ1) is 22.8. The molecule has 0 saturated heterocycles. The Morgan fingerprint density at radius 1 is 0.395 bits per heavy atom. The topological polar surface area (TPSA) is 39.4 Å². The summed E-state index contributed by atoms with van der Waals surface area (Å²) in [7, 11) is 0. The van der Waals surface area contributed by atoms with Gasteiger partial charge in [0.15, 0.2) is 0 Å². The van der Waals surface area contributed by atoms with Crippen molar-refractivity contribution in [1.29, 1.82) is 0 Å². The molecule has 7 aromatic carbocycles. The van der Waals surface area contributed by atoms with Gasteiger partial charge in [-0.15, -0.1) is 0 Å². The number of benzene rings is 7. The Kier molecular flexibility index (Phi) is 4.45. The van der Waals surface area contributed by atoms with Crippen LogP contribution in [0.15, 0.2) is 147 Å². The molecule has 0 bridgehead atoms. The lowest BCUT2D eigenvalue weighted by molar-refractivity contribution is 0.618. The number of rotatable bonds is 2. The Bertz CT molecular complexity index is 2680. The summed E-state index contributed by atoms with van der Waals surface area (Å²) < 4.78 is 18.9. The normalized spacial score (nSPS) is 12.2. The van der Waals surface area contributed by atoms with Crippen molar-refractivity contribution in [3.05, 3.63) is 134 Å². The molecule has 10 aromatic rings. The second-order valence-electron chi connectivity index (χ2n) is 11.2. The van der Waals surface area contributed by atoms with Crippen molar-refractivity contribution in [2.24, 2.45) is 0 Å². The Labute approximate surface area is 245 Å². The first-order valence-electron chi connectivity index (χ1n) is 14.5. The fourth-order valence-corrected chi connectivity index (χ4v) is 7.12. The first-order chi connectivity index (χ1) is 21.3. The van der Waals surface area contributed by atoms with E-state index in [1.165, 1.54) is 32.7 Å². The van der Waals surface area contributed by atoms with Gasteiger partial charge in [0, 0.05) is 32.7 Å². The van der Waals surface area contributed by atoms with E-state index in [1.54, 1.807) is 6.26 Å². The van der Waals surface area contributed by atoms with Gasteiger partial charge in [0.2, 0.25) is 0 Å². The van der Waals surface area contributed by atoms with Crippen molar-refractivity contribution in [3.63, 3.8) is 0 Å². The smallest absolute Gasteiger partial charge is 0.145 e. The van der Waals surface area contributed by atoms with Crippen molar-refractivity contribution in [1.82, 2.24) is 0 Å². The number of furan rings is 3. The van der Waals surface area contributed by atoms with Crippen LogP contribution in [0.5, 0.6) is 0 Å². The predicted octanol–water partition coefficient (Wildman–Crippen LogP) is 11.9. The largest absolute Gasteiger partial charge is 0.464 e. The van der Waals surface area contributed by atoms with Crippen LogP contribution >= 0.6 is 0 Å². The first-order valence-corrected chi connectivity index (χ1v) is 14.5. The molecule has 0 unspecified atom stereocenters. The second kappa shape index (κ2) is 8.37. The molecule has 3 nitrogen and oxygen atoms in total. The average molecular weight is 551 g/mol. The maximum atomic E-state index is 6.63. The van der Waals surface area contributed by atoms with Crippen molar-refractivity contribution in [3.8, 4) is 22.3 Å².